The zero-order chi connectivity index (χ0) is 9.14. The monoisotopic (exact) mass is 231 g/mol. The molecule has 0 aromatic carbocycles. The maximum absolute atomic E-state index is 12.9. The first-order chi connectivity index (χ1) is 5.65. The van der Waals surface area contributed by atoms with E-state index in [1.807, 2.05) is 13.0 Å². The normalized spacial score (nSPS) is 13.0. The van der Waals surface area contributed by atoms with E-state index in [0.29, 0.717) is 10.4 Å². The van der Waals surface area contributed by atoms with Crippen molar-refractivity contribution in [3.63, 3.8) is 0 Å². The molecule has 0 bridgehead atoms. The smallest absolute Gasteiger partial charge is 0.224 e. The minimum absolute atomic E-state index is 0.326. The van der Waals surface area contributed by atoms with Gasteiger partial charge in [-0.15, -0.1) is 0 Å². The first-order valence-corrected chi connectivity index (χ1v) is 4.76. The molecule has 0 aliphatic heterocycles. The number of hydrogen-bond donors (Lipinski definition) is 0. The number of hydrogen-bond acceptors (Lipinski definition) is 1. The maximum Gasteiger partial charge on any atom is 0.227 e. The van der Waals surface area contributed by atoms with Crippen molar-refractivity contribution in [2.24, 2.45) is 0 Å². The lowest BCUT2D eigenvalue weighted by Crippen LogP contribution is -1.97. The van der Waals surface area contributed by atoms with Crippen LogP contribution in [-0.4, -0.2) is 4.98 Å². The Kier molecular flexibility index (Phi) is 3.20. The number of nitrogens with zero attached hydrogens (tertiary/aromatic N) is 1. The van der Waals surface area contributed by atoms with Gasteiger partial charge in [-0.05, 0) is 40.4 Å². The molecule has 1 aromatic heterocycles. The Bertz CT molecular complexity index is 275. The Hall–Kier alpha value is -0.440. The fourth-order valence-corrected chi connectivity index (χ4v) is 1.14. The Morgan fingerprint density at radius 3 is 2.75 bits per heavy atom. The molecule has 0 saturated carbocycles. The summed E-state index contributed by atoms with van der Waals surface area (Å²) in [5, 5.41) is 0. The Morgan fingerprint density at radius 1 is 1.58 bits per heavy atom. The first kappa shape index (κ1) is 9.65. The van der Waals surface area contributed by atoms with Gasteiger partial charge in [-0.3, -0.25) is 0 Å². The largest absolute Gasteiger partial charge is 0.227 e. The van der Waals surface area contributed by atoms with Crippen molar-refractivity contribution in [1.29, 1.82) is 0 Å². The van der Waals surface area contributed by atoms with Gasteiger partial charge in [-0.2, -0.15) is 4.39 Å². The quantitative estimate of drug-likeness (QED) is 0.711. The molecule has 0 fully saturated rings. The molecule has 0 radical (unpaired) electrons. The molecule has 0 aliphatic rings. The topological polar surface area (TPSA) is 12.9 Å². The summed E-state index contributed by atoms with van der Waals surface area (Å²) in [6, 6.07) is 3.55. The molecule has 0 saturated heterocycles. The van der Waals surface area contributed by atoms with E-state index in [1.165, 1.54) is 0 Å². The summed E-state index contributed by atoms with van der Waals surface area (Å²) in [6.07, 6.45) is 0.980. The molecular formula is C9H11BrFN. The van der Waals surface area contributed by atoms with Crippen LogP contribution in [0.2, 0.25) is 0 Å². The molecule has 1 heterocycles. The van der Waals surface area contributed by atoms with Crippen LogP contribution in [0.25, 0.3) is 0 Å². The Labute approximate surface area is 80.1 Å². The summed E-state index contributed by atoms with van der Waals surface area (Å²) in [5.41, 5.74) is 0.818. The molecule has 1 unspecified atom stereocenters. The van der Waals surface area contributed by atoms with Gasteiger partial charge in [0.2, 0.25) is 5.95 Å². The van der Waals surface area contributed by atoms with Crippen molar-refractivity contribution >= 4 is 15.9 Å². The fraction of sp³-hybridized carbons (Fsp3) is 0.444. The predicted molar refractivity (Wildman–Crippen MR) is 50.6 cm³/mol. The van der Waals surface area contributed by atoms with Crippen molar-refractivity contribution in [3.8, 4) is 0 Å². The standard InChI is InChI=1S/C9H11BrFN/c1-3-6(2)8-5-4-7(10)9(11)12-8/h4-6H,3H2,1-2H3. The van der Waals surface area contributed by atoms with Gasteiger partial charge >= 0.3 is 0 Å². The van der Waals surface area contributed by atoms with Crippen LogP contribution in [0.1, 0.15) is 31.9 Å². The van der Waals surface area contributed by atoms with E-state index in [-0.39, 0.29) is 0 Å². The molecule has 0 N–H and O–H groups in total. The average molecular weight is 232 g/mol. The zero-order valence-electron chi connectivity index (χ0n) is 7.14. The van der Waals surface area contributed by atoms with Crippen molar-refractivity contribution in [2.75, 3.05) is 0 Å². The lowest BCUT2D eigenvalue weighted by atomic mass is 10.1. The second kappa shape index (κ2) is 3.99. The molecule has 0 amide bonds. The molecule has 3 heteroatoms. The van der Waals surface area contributed by atoms with Crippen LogP contribution in [0.3, 0.4) is 0 Å². The SMILES string of the molecule is CCC(C)c1ccc(Br)c(F)n1. The first-order valence-electron chi connectivity index (χ1n) is 3.97. The van der Waals surface area contributed by atoms with E-state index in [1.54, 1.807) is 6.07 Å². The minimum atomic E-state index is -0.423. The van der Waals surface area contributed by atoms with E-state index in [4.69, 9.17) is 0 Å². The van der Waals surface area contributed by atoms with Gasteiger partial charge in [0.15, 0.2) is 0 Å². The molecule has 66 valence electrons. The zero-order valence-corrected chi connectivity index (χ0v) is 8.73. The number of aromatic nitrogens is 1. The number of rotatable bonds is 2. The van der Waals surface area contributed by atoms with Gasteiger partial charge in [-0.1, -0.05) is 13.8 Å². The molecule has 12 heavy (non-hydrogen) atoms. The summed E-state index contributed by atoms with van der Waals surface area (Å²) in [4.78, 5) is 3.83. The van der Waals surface area contributed by atoms with E-state index >= 15 is 0 Å². The summed E-state index contributed by atoms with van der Waals surface area (Å²) in [6.45, 7) is 4.10. The van der Waals surface area contributed by atoms with Crippen LogP contribution < -0.4 is 0 Å². The second-order valence-electron chi connectivity index (χ2n) is 2.82. The van der Waals surface area contributed by atoms with Gasteiger partial charge < -0.3 is 0 Å². The van der Waals surface area contributed by atoms with E-state index in [9.17, 15) is 4.39 Å². The summed E-state index contributed by atoms with van der Waals surface area (Å²) in [7, 11) is 0. The second-order valence-corrected chi connectivity index (χ2v) is 3.67. The van der Waals surface area contributed by atoms with Gasteiger partial charge in [0, 0.05) is 5.69 Å². The lowest BCUT2D eigenvalue weighted by Gasteiger charge is -2.07. The maximum atomic E-state index is 12.9. The molecule has 1 atom stereocenters. The van der Waals surface area contributed by atoms with Crippen molar-refractivity contribution in [3.05, 3.63) is 28.2 Å². The third-order valence-corrected chi connectivity index (χ3v) is 2.53. The van der Waals surface area contributed by atoms with Crippen molar-refractivity contribution in [1.82, 2.24) is 4.98 Å². The van der Waals surface area contributed by atoms with Crippen LogP contribution in [0.15, 0.2) is 16.6 Å². The molecule has 0 aliphatic carbocycles. The van der Waals surface area contributed by atoms with Crippen LogP contribution in [0.4, 0.5) is 4.39 Å². The third kappa shape index (κ3) is 2.03. The molecular weight excluding hydrogens is 221 g/mol. The highest BCUT2D eigenvalue weighted by Crippen LogP contribution is 2.20. The fourth-order valence-electron chi connectivity index (χ4n) is 0.915. The van der Waals surface area contributed by atoms with E-state index in [2.05, 4.69) is 27.8 Å². The van der Waals surface area contributed by atoms with Gasteiger partial charge in [0.25, 0.3) is 0 Å². The third-order valence-electron chi connectivity index (χ3n) is 1.94. The molecule has 1 aromatic rings. The van der Waals surface area contributed by atoms with Crippen LogP contribution in [-0.2, 0) is 0 Å². The molecule has 1 rings (SSSR count). The van der Waals surface area contributed by atoms with Crippen molar-refractivity contribution < 1.29 is 4.39 Å². The highest BCUT2D eigenvalue weighted by Gasteiger charge is 2.07. The van der Waals surface area contributed by atoms with Gasteiger partial charge in [0.05, 0.1) is 4.47 Å². The summed E-state index contributed by atoms with van der Waals surface area (Å²) in [5.74, 6) is -0.0969. The van der Waals surface area contributed by atoms with Gasteiger partial charge in [0.1, 0.15) is 0 Å². The lowest BCUT2D eigenvalue weighted by molar-refractivity contribution is 0.559. The van der Waals surface area contributed by atoms with E-state index < -0.39 is 5.95 Å². The van der Waals surface area contributed by atoms with E-state index in [0.717, 1.165) is 12.1 Å². The summed E-state index contributed by atoms with van der Waals surface area (Å²) >= 11 is 3.06. The average Bonchev–Trinajstić information content (AvgIpc) is 2.08. The number of pyridine rings is 1. The van der Waals surface area contributed by atoms with Crippen molar-refractivity contribution in [2.45, 2.75) is 26.2 Å². The molecule has 0 spiro atoms. The minimum Gasteiger partial charge on any atom is -0.224 e. The highest BCUT2D eigenvalue weighted by molar-refractivity contribution is 9.10. The highest BCUT2D eigenvalue weighted by atomic mass is 79.9. The van der Waals surface area contributed by atoms with Crippen LogP contribution in [0, 0.1) is 5.95 Å². The van der Waals surface area contributed by atoms with Crippen LogP contribution >= 0.6 is 15.9 Å². The van der Waals surface area contributed by atoms with Gasteiger partial charge in [-0.25, -0.2) is 4.98 Å². The number of halogens is 2. The Morgan fingerprint density at radius 2 is 2.25 bits per heavy atom. The van der Waals surface area contributed by atoms with Crippen LogP contribution in [0.5, 0.6) is 0 Å². The predicted octanol–water partition coefficient (Wildman–Crippen LogP) is 3.50. The summed E-state index contributed by atoms with van der Waals surface area (Å²) < 4.78 is 13.3. The molecule has 1 nitrogen and oxygen atoms in total. The Balaban J connectivity index is 2.96.